The molecule has 2 N–H and O–H groups in total. The number of halogens is 3. The molecule has 1 aliphatic rings. The van der Waals surface area contributed by atoms with Crippen LogP contribution in [0.25, 0.3) is 0 Å². The highest BCUT2D eigenvalue weighted by Crippen LogP contribution is 2.24. The van der Waals surface area contributed by atoms with Crippen LogP contribution in [-0.2, 0) is 17.9 Å². The number of carbonyl (C=O) groups is 2. The van der Waals surface area contributed by atoms with E-state index in [1.54, 1.807) is 0 Å². The van der Waals surface area contributed by atoms with Gasteiger partial charge < -0.3 is 15.5 Å². The zero-order valence-corrected chi connectivity index (χ0v) is 15.2. The Balaban J connectivity index is 1.59. The van der Waals surface area contributed by atoms with Crippen LogP contribution in [0.5, 0.6) is 0 Å². The van der Waals surface area contributed by atoms with Crippen molar-refractivity contribution in [2.24, 2.45) is 0 Å². The van der Waals surface area contributed by atoms with E-state index in [9.17, 15) is 18.4 Å². The van der Waals surface area contributed by atoms with E-state index in [1.165, 1.54) is 17.0 Å². The molecule has 9 heteroatoms. The number of nitrogens with one attached hydrogen (secondary N) is 2. The molecule has 0 radical (unpaired) electrons. The van der Waals surface area contributed by atoms with Crippen LogP contribution in [0, 0.1) is 11.6 Å². The quantitative estimate of drug-likeness (QED) is 0.731. The summed E-state index contributed by atoms with van der Waals surface area (Å²) in [5, 5.41) is 4.92. The van der Waals surface area contributed by atoms with Gasteiger partial charge in [-0.25, -0.2) is 13.8 Å². The lowest BCUT2D eigenvalue weighted by molar-refractivity contribution is -0.120. The Morgan fingerprint density at radius 1 is 1.39 bits per heavy atom. The molecular formula is C19H19ClF2N4O2. The number of hydrogen-bond acceptors (Lipinski definition) is 4. The van der Waals surface area contributed by atoms with E-state index in [0.29, 0.717) is 11.3 Å². The minimum absolute atomic E-state index is 0.00196. The third-order valence-electron chi connectivity index (χ3n) is 4.17. The fourth-order valence-electron chi connectivity index (χ4n) is 2.79. The number of pyridine rings is 1. The molecule has 3 rings (SSSR count). The van der Waals surface area contributed by atoms with Crippen molar-refractivity contribution in [3.8, 4) is 0 Å². The number of anilines is 1. The van der Waals surface area contributed by atoms with Crippen LogP contribution in [0.15, 0.2) is 24.3 Å². The first-order valence-corrected chi connectivity index (χ1v) is 8.64. The van der Waals surface area contributed by atoms with Gasteiger partial charge in [0.15, 0.2) is 0 Å². The van der Waals surface area contributed by atoms with Crippen molar-refractivity contribution in [2.45, 2.75) is 26.3 Å². The predicted octanol–water partition coefficient (Wildman–Crippen LogP) is 3.11. The summed E-state index contributed by atoms with van der Waals surface area (Å²) < 4.78 is 64.0. The first-order chi connectivity index (χ1) is 15.3. The van der Waals surface area contributed by atoms with Gasteiger partial charge in [0.1, 0.15) is 17.5 Å². The largest absolute Gasteiger partial charge is 0.366 e. The van der Waals surface area contributed by atoms with Gasteiger partial charge in [0.2, 0.25) is 5.91 Å². The van der Waals surface area contributed by atoms with Gasteiger partial charge in [-0.3, -0.25) is 9.59 Å². The molecule has 2 aromatic rings. The fraction of sp³-hybridized carbons (Fsp3) is 0.316. The van der Waals surface area contributed by atoms with E-state index in [1.807, 2.05) is 0 Å². The third kappa shape index (κ3) is 4.39. The maximum Gasteiger partial charge on any atom is 0.256 e. The van der Waals surface area contributed by atoms with Gasteiger partial charge >= 0.3 is 0 Å². The van der Waals surface area contributed by atoms with E-state index in [0.717, 1.165) is 12.1 Å². The average Bonchev–Trinajstić information content (AvgIpc) is 3.01. The predicted molar refractivity (Wildman–Crippen MR) is 101 cm³/mol. The Kier molecular flexibility index (Phi) is 4.34. The lowest BCUT2D eigenvalue weighted by Crippen LogP contribution is -2.34. The molecule has 1 aromatic heterocycles. The second kappa shape index (κ2) is 8.52. The lowest BCUT2D eigenvalue weighted by atomic mass is 10.2. The maximum absolute atomic E-state index is 13.9. The van der Waals surface area contributed by atoms with Crippen molar-refractivity contribution in [1.82, 2.24) is 15.2 Å². The molecule has 0 fully saturated rings. The zero-order chi connectivity index (χ0) is 24.6. The Morgan fingerprint density at radius 3 is 2.86 bits per heavy atom. The van der Waals surface area contributed by atoms with E-state index in [-0.39, 0.29) is 48.5 Å². The molecular weight excluding hydrogens is 390 g/mol. The van der Waals surface area contributed by atoms with Crippen LogP contribution in [-0.4, -0.2) is 34.8 Å². The Bertz CT molecular complexity index is 1080. The summed E-state index contributed by atoms with van der Waals surface area (Å²) in [4.78, 5) is 30.0. The molecule has 0 spiro atoms. The molecule has 2 amide bonds. The fourth-order valence-corrected chi connectivity index (χ4v) is 2.98. The van der Waals surface area contributed by atoms with Crippen molar-refractivity contribution >= 4 is 29.2 Å². The van der Waals surface area contributed by atoms with Crippen LogP contribution >= 0.6 is 11.6 Å². The van der Waals surface area contributed by atoms with Gasteiger partial charge in [-0.1, -0.05) is 18.5 Å². The maximum atomic E-state index is 13.9. The molecule has 1 aliphatic heterocycles. The second-order valence-electron chi connectivity index (χ2n) is 6.00. The molecule has 0 bridgehead atoms. The van der Waals surface area contributed by atoms with E-state index < -0.39 is 30.8 Å². The highest BCUT2D eigenvalue weighted by molar-refractivity contribution is 6.30. The minimum atomic E-state index is -3.12. The lowest BCUT2D eigenvalue weighted by Gasteiger charge is -2.15. The molecule has 6 nitrogen and oxygen atoms in total. The summed E-state index contributed by atoms with van der Waals surface area (Å²) in [6.45, 7) is -3.39. The van der Waals surface area contributed by atoms with Crippen molar-refractivity contribution in [3.63, 3.8) is 0 Å². The summed E-state index contributed by atoms with van der Waals surface area (Å²) in [5.74, 6) is -2.99. The SMILES string of the molecule is [2H]C([2H])([2H])C([2H])([2H])C(=O)NCCN1Cc2nc(NCc3c(F)cc(Cl)cc3F)ccc2C1=O. The Labute approximate surface area is 172 Å². The number of benzene rings is 1. The van der Waals surface area contributed by atoms with Crippen molar-refractivity contribution in [2.75, 3.05) is 18.4 Å². The normalized spacial score (nSPS) is 16.5. The number of nitrogens with zero attached hydrogens (tertiary/aromatic N) is 2. The van der Waals surface area contributed by atoms with Crippen LogP contribution in [0.4, 0.5) is 14.6 Å². The van der Waals surface area contributed by atoms with Crippen LogP contribution in [0.2, 0.25) is 5.02 Å². The number of hydrogen-bond donors (Lipinski definition) is 2. The second-order valence-corrected chi connectivity index (χ2v) is 6.44. The number of carbonyl (C=O) groups excluding carboxylic acids is 2. The Hall–Kier alpha value is -2.74. The Morgan fingerprint density at radius 2 is 2.14 bits per heavy atom. The summed E-state index contributed by atoms with van der Waals surface area (Å²) in [6, 6.07) is 4.99. The van der Waals surface area contributed by atoms with Gasteiger partial charge in [-0.2, -0.15) is 0 Å². The number of amides is 2. The van der Waals surface area contributed by atoms with Gasteiger partial charge in [0, 0.05) is 43.4 Å². The van der Waals surface area contributed by atoms with Crippen molar-refractivity contribution in [3.05, 3.63) is 57.7 Å². The van der Waals surface area contributed by atoms with E-state index in [2.05, 4.69) is 15.6 Å². The van der Waals surface area contributed by atoms with Crippen LogP contribution < -0.4 is 10.6 Å². The molecule has 1 aromatic carbocycles. The zero-order valence-electron chi connectivity index (χ0n) is 19.5. The molecule has 28 heavy (non-hydrogen) atoms. The van der Waals surface area contributed by atoms with Crippen LogP contribution in [0.1, 0.15) is 41.7 Å². The molecule has 0 unspecified atom stereocenters. The van der Waals surface area contributed by atoms with Gasteiger partial charge in [0.05, 0.1) is 17.8 Å². The first-order valence-electron chi connectivity index (χ1n) is 10.8. The molecule has 0 saturated carbocycles. The van der Waals surface area contributed by atoms with Gasteiger partial charge in [-0.15, -0.1) is 0 Å². The topological polar surface area (TPSA) is 74.3 Å². The van der Waals surface area contributed by atoms with E-state index in [4.69, 9.17) is 18.5 Å². The number of fused-ring (bicyclic) bond motifs is 1. The highest BCUT2D eigenvalue weighted by Gasteiger charge is 2.28. The van der Waals surface area contributed by atoms with Gasteiger partial charge in [-0.05, 0) is 24.3 Å². The highest BCUT2D eigenvalue weighted by atomic mass is 35.5. The summed E-state index contributed by atoms with van der Waals surface area (Å²) in [5.41, 5.74) is 0.506. The summed E-state index contributed by atoms with van der Waals surface area (Å²) >= 11 is 5.61. The van der Waals surface area contributed by atoms with E-state index >= 15 is 0 Å². The molecule has 0 atom stereocenters. The summed E-state index contributed by atoms with van der Waals surface area (Å²) in [6.07, 6.45) is -3.06. The molecule has 2 heterocycles. The standard InChI is InChI=1S/C19H19ClF2N4O2/c1-2-18(27)23-5-6-26-10-16-12(19(26)28)3-4-17(25-16)24-9-13-14(21)7-11(20)8-15(13)22/h3-4,7-8H,2,5-6,9-10H2,1H3,(H,23,27)(H,24,25)/i1D3,2D2. The molecule has 148 valence electrons. The number of aromatic nitrogens is 1. The van der Waals surface area contributed by atoms with Gasteiger partial charge in [0.25, 0.3) is 5.91 Å². The number of rotatable bonds is 7. The molecule has 0 saturated heterocycles. The summed E-state index contributed by atoms with van der Waals surface area (Å²) in [7, 11) is 0. The van der Waals surface area contributed by atoms with Crippen molar-refractivity contribution < 1.29 is 25.2 Å². The minimum Gasteiger partial charge on any atom is -0.366 e. The van der Waals surface area contributed by atoms with Crippen LogP contribution in [0.3, 0.4) is 0 Å². The van der Waals surface area contributed by atoms with Crippen molar-refractivity contribution in [1.29, 1.82) is 0 Å². The first kappa shape index (κ1) is 14.3. The molecule has 0 aliphatic carbocycles. The third-order valence-corrected chi connectivity index (χ3v) is 4.38. The smallest absolute Gasteiger partial charge is 0.256 e. The monoisotopic (exact) mass is 413 g/mol. The average molecular weight is 414 g/mol.